The highest BCUT2D eigenvalue weighted by atomic mass is 32.1. The molecule has 0 bridgehead atoms. The summed E-state index contributed by atoms with van der Waals surface area (Å²) in [6.45, 7) is 1.96. The van der Waals surface area contributed by atoms with E-state index in [4.69, 9.17) is 21.7 Å². The molecule has 5 nitrogen and oxygen atoms in total. The molecule has 2 aliphatic heterocycles. The van der Waals surface area contributed by atoms with Crippen molar-refractivity contribution in [2.75, 3.05) is 5.32 Å². The predicted molar refractivity (Wildman–Crippen MR) is 108 cm³/mol. The number of thiocarbonyl (C=S) groups is 1. The first kappa shape index (κ1) is 16.8. The Bertz CT molecular complexity index is 1120. The molecule has 5 rings (SSSR count). The van der Waals surface area contributed by atoms with Crippen molar-refractivity contribution >= 4 is 29.4 Å². The lowest BCUT2D eigenvalue weighted by Crippen LogP contribution is -2.33. The van der Waals surface area contributed by atoms with Crippen LogP contribution < -0.4 is 10.1 Å². The minimum atomic E-state index is -1.13. The minimum Gasteiger partial charge on any atom is -0.508 e. The number of phenols is 1. The SMILES string of the molecule is Cc1ccc2c(c1)Oc1cc(O)ccc1C21OC(=O)c2cc(NC=S)ccc21. The standard InChI is InChI=1S/C22H15NO4S/c1-12-2-5-17-19(8-12)26-20-10-14(24)4-7-18(20)22(17)16-6-3-13(23-11-28)9-15(16)21(25)27-22/h2-11,24H,1H3,(H,23,28). The van der Waals surface area contributed by atoms with Gasteiger partial charge in [-0.2, -0.15) is 0 Å². The highest BCUT2D eigenvalue weighted by molar-refractivity contribution is 7.79. The molecule has 1 spiro atoms. The highest BCUT2D eigenvalue weighted by Gasteiger charge is 2.53. The van der Waals surface area contributed by atoms with E-state index in [1.165, 1.54) is 11.6 Å². The number of carbonyl (C=O) groups is 1. The van der Waals surface area contributed by atoms with Crippen LogP contribution in [0.4, 0.5) is 5.69 Å². The second-order valence-electron chi connectivity index (χ2n) is 6.88. The molecule has 0 saturated carbocycles. The normalized spacial score (nSPS) is 18.5. The lowest BCUT2D eigenvalue weighted by Gasteiger charge is -2.36. The van der Waals surface area contributed by atoms with Crippen molar-refractivity contribution in [2.24, 2.45) is 0 Å². The van der Waals surface area contributed by atoms with Gasteiger partial charge in [0.05, 0.1) is 11.1 Å². The number of phenolic OH excluding ortho intramolecular Hbond substituents is 1. The van der Waals surface area contributed by atoms with Gasteiger partial charge in [-0.05, 0) is 42.8 Å². The van der Waals surface area contributed by atoms with Gasteiger partial charge in [-0.15, -0.1) is 0 Å². The molecule has 0 aliphatic carbocycles. The first-order valence-corrected chi connectivity index (χ1v) is 9.20. The molecule has 3 aromatic carbocycles. The molecule has 28 heavy (non-hydrogen) atoms. The average molecular weight is 389 g/mol. The number of carbonyl (C=O) groups excluding carboxylic acids is 1. The van der Waals surface area contributed by atoms with E-state index in [1.54, 1.807) is 18.2 Å². The number of esters is 1. The third-order valence-electron chi connectivity index (χ3n) is 5.17. The van der Waals surface area contributed by atoms with Gasteiger partial charge in [0.2, 0.25) is 0 Å². The van der Waals surface area contributed by atoms with E-state index in [0.717, 1.165) is 16.7 Å². The molecule has 0 fully saturated rings. The van der Waals surface area contributed by atoms with Gasteiger partial charge in [0, 0.05) is 28.4 Å². The van der Waals surface area contributed by atoms with E-state index in [0.29, 0.717) is 28.3 Å². The highest BCUT2D eigenvalue weighted by Crippen LogP contribution is 2.56. The van der Waals surface area contributed by atoms with Gasteiger partial charge in [-0.1, -0.05) is 30.4 Å². The number of hydrogen-bond acceptors (Lipinski definition) is 5. The lowest BCUT2D eigenvalue weighted by atomic mass is 9.77. The molecule has 1 atom stereocenters. The number of aromatic hydroxyl groups is 1. The van der Waals surface area contributed by atoms with E-state index in [1.807, 2.05) is 37.3 Å². The first-order chi connectivity index (χ1) is 13.5. The lowest BCUT2D eigenvalue weighted by molar-refractivity contribution is 0.0224. The zero-order chi connectivity index (χ0) is 19.5. The molecule has 0 radical (unpaired) electrons. The Balaban J connectivity index is 1.84. The number of aryl methyl sites for hydroxylation is 1. The maximum Gasteiger partial charge on any atom is 0.340 e. The third kappa shape index (κ3) is 2.18. The number of ether oxygens (including phenoxy) is 2. The van der Waals surface area contributed by atoms with Crippen molar-refractivity contribution in [1.29, 1.82) is 0 Å². The molecule has 3 aromatic rings. The summed E-state index contributed by atoms with van der Waals surface area (Å²) in [7, 11) is 0. The van der Waals surface area contributed by atoms with Crippen molar-refractivity contribution in [3.05, 3.63) is 82.4 Å². The fourth-order valence-electron chi connectivity index (χ4n) is 3.98. The molecule has 2 aliphatic rings. The Labute approximate surface area is 166 Å². The van der Waals surface area contributed by atoms with Crippen LogP contribution in [0.15, 0.2) is 54.6 Å². The predicted octanol–water partition coefficient (Wildman–Crippen LogP) is 4.64. The van der Waals surface area contributed by atoms with Gasteiger partial charge < -0.3 is 19.9 Å². The summed E-state index contributed by atoms with van der Waals surface area (Å²) in [6.07, 6.45) is 0. The molecule has 0 amide bonds. The maximum atomic E-state index is 12.9. The summed E-state index contributed by atoms with van der Waals surface area (Å²) in [5, 5.41) is 12.9. The molecule has 138 valence electrons. The fraction of sp³-hybridized carbons (Fsp3) is 0.0909. The zero-order valence-corrected chi connectivity index (χ0v) is 15.7. The van der Waals surface area contributed by atoms with E-state index < -0.39 is 11.6 Å². The summed E-state index contributed by atoms with van der Waals surface area (Å²) in [5.41, 5.74) is 4.60. The molecule has 1 unspecified atom stereocenters. The Hall–Kier alpha value is -3.38. The van der Waals surface area contributed by atoms with Crippen LogP contribution in [0.5, 0.6) is 17.2 Å². The van der Waals surface area contributed by atoms with Crippen molar-refractivity contribution in [3.8, 4) is 17.2 Å². The van der Waals surface area contributed by atoms with Crippen LogP contribution in [0.1, 0.15) is 32.6 Å². The van der Waals surface area contributed by atoms with Crippen LogP contribution in [0, 0.1) is 6.92 Å². The van der Waals surface area contributed by atoms with Gasteiger partial charge in [0.25, 0.3) is 0 Å². The van der Waals surface area contributed by atoms with Crippen molar-refractivity contribution in [2.45, 2.75) is 12.5 Å². The van der Waals surface area contributed by atoms with Crippen LogP contribution in [0.25, 0.3) is 0 Å². The van der Waals surface area contributed by atoms with E-state index in [-0.39, 0.29) is 5.75 Å². The fourth-order valence-corrected chi connectivity index (χ4v) is 4.12. The zero-order valence-electron chi connectivity index (χ0n) is 14.9. The monoisotopic (exact) mass is 389 g/mol. The molecular weight excluding hydrogens is 374 g/mol. The van der Waals surface area contributed by atoms with Crippen LogP contribution in [-0.4, -0.2) is 16.6 Å². The summed E-state index contributed by atoms with van der Waals surface area (Å²) in [6, 6.07) is 16.1. The first-order valence-electron chi connectivity index (χ1n) is 8.73. The number of nitrogens with one attached hydrogen (secondary N) is 1. The summed E-state index contributed by atoms with van der Waals surface area (Å²) < 4.78 is 12.1. The van der Waals surface area contributed by atoms with E-state index >= 15 is 0 Å². The molecule has 6 heteroatoms. The Kier molecular flexibility index (Phi) is 3.48. The van der Waals surface area contributed by atoms with Gasteiger partial charge in [0.15, 0.2) is 5.60 Å². The summed E-state index contributed by atoms with van der Waals surface area (Å²) >= 11 is 4.85. The molecule has 2 N–H and O–H groups in total. The van der Waals surface area contributed by atoms with E-state index in [9.17, 15) is 9.90 Å². The number of rotatable bonds is 2. The number of benzene rings is 3. The van der Waals surface area contributed by atoms with Crippen LogP contribution >= 0.6 is 12.2 Å². The van der Waals surface area contributed by atoms with Crippen LogP contribution in [-0.2, 0) is 10.3 Å². The Morgan fingerprint density at radius 3 is 2.50 bits per heavy atom. The largest absolute Gasteiger partial charge is 0.508 e. The molecular formula is C22H15NO4S. The number of hydrogen-bond donors (Lipinski definition) is 2. The topological polar surface area (TPSA) is 67.8 Å². The third-order valence-corrected chi connectivity index (χ3v) is 5.29. The van der Waals surface area contributed by atoms with Gasteiger partial charge in [0.1, 0.15) is 17.2 Å². The minimum absolute atomic E-state index is 0.0788. The average Bonchev–Trinajstić information content (AvgIpc) is 2.94. The smallest absolute Gasteiger partial charge is 0.340 e. The van der Waals surface area contributed by atoms with Crippen LogP contribution in [0.2, 0.25) is 0 Å². The molecule has 0 aromatic heterocycles. The van der Waals surface area contributed by atoms with Gasteiger partial charge in [-0.3, -0.25) is 0 Å². The van der Waals surface area contributed by atoms with Gasteiger partial charge >= 0.3 is 5.97 Å². The molecule has 0 saturated heterocycles. The quantitative estimate of drug-likeness (QED) is 0.492. The van der Waals surface area contributed by atoms with Gasteiger partial charge in [-0.25, -0.2) is 4.79 Å². The van der Waals surface area contributed by atoms with Crippen molar-refractivity contribution in [1.82, 2.24) is 0 Å². The number of fused-ring (bicyclic) bond motifs is 6. The Morgan fingerprint density at radius 2 is 1.71 bits per heavy atom. The summed E-state index contributed by atoms with van der Waals surface area (Å²) in [5.74, 6) is 0.713. The maximum absolute atomic E-state index is 12.9. The second kappa shape index (κ2) is 5.81. The summed E-state index contributed by atoms with van der Waals surface area (Å²) in [4.78, 5) is 12.9. The van der Waals surface area contributed by atoms with Crippen LogP contribution in [0.3, 0.4) is 0 Å². The molecule has 2 heterocycles. The number of anilines is 1. The van der Waals surface area contributed by atoms with Crippen molar-refractivity contribution in [3.63, 3.8) is 0 Å². The second-order valence-corrected chi connectivity index (χ2v) is 7.11. The van der Waals surface area contributed by atoms with E-state index in [2.05, 4.69) is 5.32 Å². The van der Waals surface area contributed by atoms with Crippen molar-refractivity contribution < 1.29 is 19.4 Å². The Morgan fingerprint density at radius 1 is 1.00 bits per heavy atom.